The summed E-state index contributed by atoms with van der Waals surface area (Å²) >= 11 is 8.71. The van der Waals surface area contributed by atoms with Gasteiger partial charge in [0, 0.05) is 0 Å². The van der Waals surface area contributed by atoms with Gasteiger partial charge in [0.15, 0.2) is 11.9 Å². The average Bonchev–Trinajstić information content (AvgIpc) is 1.91. The zero-order chi connectivity index (χ0) is 5.28. The molecule has 0 aromatic carbocycles. The third-order valence-corrected chi connectivity index (χ3v) is 1.59. The van der Waals surface area contributed by atoms with Crippen molar-refractivity contribution in [3.8, 4) is 0 Å². The van der Waals surface area contributed by atoms with Gasteiger partial charge in [-0.3, -0.25) is 4.10 Å². The van der Waals surface area contributed by atoms with Crippen LogP contribution in [0.15, 0.2) is 5.22 Å². The van der Waals surface area contributed by atoms with Gasteiger partial charge in [0.25, 0.3) is 0 Å². The lowest BCUT2D eigenvalue weighted by atomic mass is 10.7. The first-order valence-corrected chi connectivity index (χ1v) is 2.77. The molecule has 1 heterocycles. The summed E-state index contributed by atoms with van der Waals surface area (Å²) in [6, 6.07) is 0. The summed E-state index contributed by atoms with van der Waals surface area (Å²) in [6.07, 6.45) is 0. The molecule has 7 heavy (non-hydrogen) atoms. The van der Waals surface area contributed by atoms with E-state index in [0.717, 1.165) is 6.54 Å². The molecule has 0 fully saturated rings. The number of thiol groups is 1. The van der Waals surface area contributed by atoms with Crippen LogP contribution in [0.25, 0.3) is 0 Å². The van der Waals surface area contributed by atoms with Gasteiger partial charge in [0.1, 0.15) is 0 Å². The highest BCUT2D eigenvalue weighted by Crippen LogP contribution is 1.98. The average molecular weight is 135 g/mol. The first kappa shape index (κ1) is 5.11. The maximum absolute atomic E-state index is 4.65. The van der Waals surface area contributed by atoms with Crippen molar-refractivity contribution in [1.29, 1.82) is 0 Å². The van der Waals surface area contributed by atoms with E-state index in [2.05, 4.69) is 36.1 Å². The van der Waals surface area contributed by atoms with Crippen molar-refractivity contribution in [3.05, 3.63) is 0 Å². The van der Waals surface area contributed by atoms with Crippen LogP contribution in [0.4, 0.5) is 0 Å². The second-order valence-electron chi connectivity index (χ2n) is 1.25. The minimum absolute atomic E-state index is 0.0787. The minimum Gasteiger partial charge on any atom is -0.532 e. The Morgan fingerprint density at radius 3 is 2.86 bits per heavy atom. The van der Waals surface area contributed by atoms with Crippen molar-refractivity contribution in [2.75, 3.05) is 6.54 Å². The van der Waals surface area contributed by atoms with Gasteiger partial charge in [-0.25, -0.2) is 0 Å². The molecule has 0 spiro atoms. The Labute approximate surface area is 52.7 Å². The summed E-state index contributed by atoms with van der Waals surface area (Å²) in [7, 11) is 0. The molecule has 1 N–H and O–H groups in total. The van der Waals surface area contributed by atoms with Gasteiger partial charge in [-0.1, -0.05) is 0 Å². The fourth-order valence-corrected chi connectivity index (χ4v) is 0.602. The van der Waals surface area contributed by atoms with Crippen molar-refractivity contribution in [2.24, 2.45) is 5.22 Å². The molecule has 1 aliphatic heterocycles. The normalized spacial score (nSPS) is 29.3. The quantitative estimate of drug-likeness (QED) is 0.271. The fourth-order valence-electron chi connectivity index (χ4n) is 0.337. The van der Waals surface area contributed by atoms with Crippen molar-refractivity contribution in [3.63, 3.8) is 0 Å². The Hall–Kier alpha value is -0.0300. The third-order valence-electron chi connectivity index (χ3n) is 0.698. The van der Waals surface area contributed by atoms with Crippen LogP contribution in [-0.4, -0.2) is 16.0 Å². The summed E-state index contributed by atoms with van der Waals surface area (Å²) in [5, 5.41) is 3.72. The molecule has 0 saturated heterocycles. The van der Waals surface area contributed by atoms with Gasteiger partial charge >= 0.3 is 0 Å². The van der Waals surface area contributed by atoms with E-state index < -0.39 is 0 Å². The molecule has 0 aliphatic carbocycles. The topological polar surface area (TPSA) is 27.4 Å². The van der Waals surface area contributed by atoms with Crippen molar-refractivity contribution in [1.82, 2.24) is 5.43 Å². The molecule has 0 amide bonds. The Bertz CT molecular complexity index is 101. The van der Waals surface area contributed by atoms with E-state index in [1.165, 1.54) is 4.10 Å². The highest BCUT2D eigenvalue weighted by molar-refractivity contribution is 7.81. The van der Waals surface area contributed by atoms with Crippen molar-refractivity contribution >= 4 is 25.4 Å². The second-order valence-corrected chi connectivity index (χ2v) is 2.22. The van der Waals surface area contributed by atoms with Crippen LogP contribution in [0.1, 0.15) is 0 Å². The van der Waals surface area contributed by atoms with E-state index in [9.17, 15) is 0 Å². The van der Waals surface area contributed by atoms with Crippen LogP contribution in [0.3, 0.4) is 0 Å². The van der Waals surface area contributed by atoms with E-state index in [0.29, 0.717) is 0 Å². The summed E-state index contributed by atoms with van der Waals surface area (Å²) in [5.74, 6) is 0. The van der Waals surface area contributed by atoms with Crippen LogP contribution in [0.2, 0.25) is 0 Å². The maximum Gasteiger partial charge on any atom is 0.180 e. The number of nitrogens with one attached hydrogen (secondary N) is 1. The van der Waals surface area contributed by atoms with E-state index in [-0.39, 0.29) is 5.37 Å². The Morgan fingerprint density at radius 2 is 2.71 bits per heavy atom. The molecule has 0 saturated carbocycles. The molecule has 40 valence electrons. The lowest BCUT2D eigenvalue weighted by Crippen LogP contribution is -2.13. The lowest BCUT2D eigenvalue weighted by molar-refractivity contribution is -0.421. The number of hydrogen-bond donors (Lipinski definition) is 2. The molecule has 0 aromatic heterocycles. The molecule has 0 radical (unpaired) electrons. The predicted molar refractivity (Wildman–Crippen MR) is 30.8 cm³/mol. The standard InChI is InChI=1S/C2H5N3S2/c6-2-1-3-4-5(2)7/h2-3,6H,1H2. The van der Waals surface area contributed by atoms with E-state index in [1.54, 1.807) is 0 Å². The first-order chi connectivity index (χ1) is 3.30. The summed E-state index contributed by atoms with van der Waals surface area (Å²) in [4.78, 5) is 0. The van der Waals surface area contributed by atoms with Gasteiger partial charge in [0.05, 0.1) is 5.22 Å². The number of nitrogens with zero attached hydrogens (tertiary/aromatic N) is 2. The molecule has 1 unspecified atom stereocenters. The highest BCUT2D eigenvalue weighted by Gasteiger charge is 2.12. The maximum atomic E-state index is 4.65. The molecule has 1 rings (SSSR count). The van der Waals surface area contributed by atoms with Crippen LogP contribution in [0.5, 0.6) is 0 Å². The highest BCUT2D eigenvalue weighted by atomic mass is 32.1. The predicted octanol–water partition coefficient (Wildman–Crippen LogP) is -0.313. The van der Waals surface area contributed by atoms with Crippen LogP contribution < -0.4 is 5.43 Å². The van der Waals surface area contributed by atoms with Gasteiger partial charge in [-0.05, 0) is 0 Å². The van der Waals surface area contributed by atoms with Gasteiger partial charge < -0.3 is 12.8 Å². The molecule has 0 aromatic rings. The molecule has 5 heteroatoms. The lowest BCUT2D eigenvalue weighted by Gasteiger charge is -2.01. The van der Waals surface area contributed by atoms with Gasteiger partial charge in [-0.15, -0.1) is 12.6 Å². The molecule has 3 nitrogen and oxygen atoms in total. The molecular formula is C2H5N3S2. The molecule has 0 bridgehead atoms. The van der Waals surface area contributed by atoms with E-state index in [4.69, 9.17) is 0 Å². The van der Waals surface area contributed by atoms with Gasteiger partial charge in [0.2, 0.25) is 0 Å². The Morgan fingerprint density at radius 1 is 2.00 bits per heavy atom. The molecule has 1 aliphatic rings. The fraction of sp³-hybridized carbons (Fsp3) is 1.00. The summed E-state index contributed by atoms with van der Waals surface area (Å²) in [5.41, 5.74) is 2.69. The SMILES string of the molecule is [S-][N+]1=NNCC1S. The van der Waals surface area contributed by atoms with Crippen LogP contribution in [-0.2, 0) is 12.8 Å². The summed E-state index contributed by atoms with van der Waals surface area (Å²) in [6.45, 7) is 0.743. The second kappa shape index (κ2) is 1.83. The van der Waals surface area contributed by atoms with Crippen LogP contribution in [0, 0.1) is 0 Å². The van der Waals surface area contributed by atoms with Crippen molar-refractivity contribution in [2.45, 2.75) is 5.37 Å². The third kappa shape index (κ3) is 0.947. The smallest absolute Gasteiger partial charge is 0.180 e. The first-order valence-electron chi connectivity index (χ1n) is 1.88. The Kier molecular flexibility index (Phi) is 1.34. The zero-order valence-electron chi connectivity index (χ0n) is 3.53. The molecule has 1 atom stereocenters. The Balaban J connectivity index is 2.54. The van der Waals surface area contributed by atoms with E-state index in [1.807, 2.05) is 0 Å². The number of rotatable bonds is 0. The largest absolute Gasteiger partial charge is 0.532 e. The van der Waals surface area contributed by atoms with Crippen molar-refractivity contribution < 1.29 is 4.10 Å². The minimum atomic E-state index is 0.0787. The van der Waals surface area contributed by atoms with E-state index >= 15 is 0 Å². The van der Waals surface area contributed by atoms with Crippen LogP contribution >= 0.6 is 12.6 Å². The van der Waals surface area contributed by atoms with Gasteiger partial charge in [-0.2, -0.15) is 5.43 Å². The number of hydrogen-bond acceptors (Lipinski definition) is 4. The summed E-state index contributed by atoms with van der Waals surface area (Å²) < 4.78 is 1.36. The zero-order valence-corrected chi connectivity index (χ0v) is 5.25. The molecular weight excluding hydrogens is 130 g/mol. The monoisotopic (exact) mass is 135 g/mol.